The van der Waals surface area contributed by atoms with Crippen LogP contribution >= 0.6 is 22.9 Å². The molecule has 0 bridgehead atoms. The van der Waals surface area contributed by atoms with Crippen molar-refractivity contribution in [2.75, 3.05) is 18.1 Å². The van der Waals surface area contributed by atoms with E-state index >= 15 is 0 Å². The number of methoxy groups -OCH3 is 1. The average Bonchev–Trinajstić information content (AvgIpc) is 3.06. The molecule has 0 aliphatic heterocycles. The number of carboxylic acids is 1. The molecule has 0 aliphatic carbocycles. The van der Waals surface area contributed by atoms with Crippen LogP contribution < -0.4 is 4.31 Å². The summed E-state index contributed by atoms with van der Waals surface area (Å²) in [6, 6.07) is 1.20. The molecule has 0 radical (unpaired) electrons. The molecule has 120 valence electrons. The molecule has 2 aromatic heterocycles. The van der Waals surface area contributed by atoms with Crippen molar-refractivity contribution in [2.45, 2.75) is 11.8 Å². The van der Waals surface area contributed by atoms with Gasteiger partial charge in [-0.1, -0.05) is 16.8 Å². The summed E-state index contributed by atoms with van der Waals surface area (Å²) >= 11 is 6.78. The van der Waals surface area contributed by atoms with Crippen LogP contribution in [0.2, 0.25) is 5.02 Å². The van der Waals surface area contributed by atoms with Gasteiger partial charge in [0.05, 0.1) is 0 Å². The highest BCUT2D eigenvalue weighted by molar-refractivity contribution is 7.93. The molecular formula is C11H11ClN2O6S2. The van der Waals surface area contributed by atoms with E-state index in [0.717, 1.165) is 15.6 Å². The summed E-state index contributed by atoms with van der Waals surface area (Å²) < 4.78 is 36.0. The number of aryl methyl sites for hydroxylation is 1. The van der Waals surface area contributed by atoms with Gasteiger partial charge in [0, 0.05) is 7.11 Å². The van der Waals surface area contributed by atoms with Gasteiger partial charge in [0.2, 0.25) is 0 Å². The third kappa shape index (κ3) is 2.82. The average molecular weight is 367 g/mol. The van der Waals surface area contributed by atoms with E-state index in [1.807, 2.05) is 0 Å². The van der Waals surface area contributed by atoms with Crippen molar-refractivity contribution in [3.05, 3.63) is 27.0 Å². The zero-order valence-corrected chi connectivity index (χ0v) is 13.8. The smallest absolute Gasteiger partial charge is 0.347 e. The van der Waals surface area contributed by atoms with E-state index in [1.54, 1.807) is 6.92 Å². The van der Waals surface area contributed by atoms with Gasteiger partial charge in [0.1, 0.15) is 27.2 Å². The maximum atomic E-state index is 12.7. The summed E-state index contributed by atoms with van der Waals surface area (Å²) in [6.07, 6.45) is 0. The van der Waals surface area contributed by atoms with Crippen molar-refractivity contribution in [3.63, 3.8) is 0 Å². The number of rotatable bonds is 6. The third-order valence-corrected chi connectivity index (χ3v) is 5.85. The number of anilines is 1. The molecule has 0 aromatic carbocycles. The first-order valence-corrected chi connectivity index (χ1v) is 8.44. The highest BCUT2D eigenvalue weighted by atomic mass is 35.5. The molecule has 0 aliphatic rings. The second kappa shape index (κ2) is 6.24. The lowest BCUT2D eigenvalue weighted by Gasteiger charge is -2.20. The fourth-order valence-corrected chi connectivity index (χ4v) is 4.41. The molecule has 0 amide bonds. The number of hydrogen-bond acceptors (Lipinski definition) is 7. The molecule has 11 heteroatoms. The van der Waals surface area contributed by atoms with Gasteiger partial charge in [-0.3, -0.25) is 0 Å². The molecule has 1 N–H and O–H groups in total. The minimum atomic E-state index is -4.24. The molecule has 22 heavy (non-hydrogen) atoms. The second-order valence-electron chi connectivity index (χ2n) is 4.08. The maximum absolute atomic E-state index is 12.7. The van der Waals surface area contributed by atoms with Gasteiger partial charge in [0.25, 0.3) is 15.9 Å². The summed E-state index contributed by atoms with van der Waals surface area (Å²) in [5.74, 6) is -1.57. The number of hydrogen-bond donors (Lipinski definition) is 1. The molecule has 0 unspecified atom stereocenters. The van der Waals surface area contributed by atoms with Gasteiger partial charge >= 0.3 is 5.97 Å². The molecule has 0 atom stereocenters. The zero-order chi connectivity index (χ0) is 16.5. The standard InChI is InChI=1S/C11H11ClN2O6S2/c1-6-8(12)10(20-13-6)14(5-19-2)22(17,18)7-3-4-21-9(7)11(15)16/h3-4H,5H2,1-2H3,(H,15,16). The predicted octanol–water partition coefficient (Wildman–Crippen LogP) is 2.20. The van der Waals surface area contributed by atoms with Crippen molar-refractivity contribution in [2.24, 2.45) is 0 Å². The Morgan fingerprint density at radius 1 is 1.59 bits per heavy atom. The van der Waals surface area contributed by atoms with E-state index in [-0.39, 0.29) is 20.7 Å². The Morgan fingerprint density at radius 2 is 2.27 bits per heavy atom. The SMILES string of the molecule is COCN(c1onc(C)c1Cl)S(=O)(=O)c1ccsc1C(=O)O. The number of carbonyl (C=O) groups is 1. The first-order valence-electron chi connectivity index (χ1n) is 5.75. The number of halogens is 1. The van der Waals surface area contributed by atoms with Gasteiger partial charge in [-0.15, -0.1) is 11.3 Å². The third-order valence-electron chi connectivity index (χ3n) is 2.64. The highest BCUT2D eigenvalue weighted by Gasteiger charge is 2.34. The molecule has 8 nitrogen and oxygen atoms in total. The number of aromatic nitrogens is 1. The van der Waals surface area contributed by atoms with Crippen LogP contribution in [0.25, 0.3) is 0 Å². The lowest BCUT2D eigenvalue weighted by atomic mass is 10.5. The quantitative estimate of drug-likeness (QED) is 0.780. The fourth-order valence-electron chi connectivity index (χ4n) is 1.63. The topological polar surface area (TPSA) is 110 Å². The first kappa shape index (κ1) is 16.7. The summed E-state index contributed by atoms with van der Waals surface area (Å²) in [6.45, 7) is 1.13. The summed E-state index contributed by atoms with van der Waals surface area (Å²) in [4.78, 5) is 10.5. The molecule has 0 saturated heterocycles. The Kier molecular flexibility index (Phi) is 4.75. The monoisotopic (exact) mass is 366 g/mol. The number of sulfonamides is 1. The number of thiophene rings is 1. The van der Waals surface area contributed by atoms with E-state index in [0.29, 0.717) is 5.69 Å². The Hall–Kier alpha value is -1.62. The lowest BCUT2D eigenvalue weighted by Crippen LogP contribution is -2.33. The van der Waals surface area contributed by atoms with Crippen molar-refractivity contribution >= 4 is 44.8 Å². The maximum Gasteiger partial charge on any atom is 0.347 e. The van der Waals surface area contributed by atoms with Crippen molar-refractivity contribution in [3.8, 4) is 0 Å². The minimum absolute atomic E-state index is 0.00716. The zero-order valence-electron chi connectivity index (χ0n) is 11.4. The van der Waals surface area contributed by atoms with Crippen molar-refractivity contribution in [1.82, 2.24) is 5.16 Å². The Labute approximate surface area is 134 Å². The molecule has 0 spiro atoms. The van der Waals surface area contributed by atoms with Crippen molar-refractivity contribution < 1.29 is 27.6 Å². The van der Waals surface area contributed by atoms with Crippen LogP contribution in [0.1, 0.15) is 15.4 Å². The largest absolute Gasteiger partial charge is 0.477 e. The van der Waals surface area contributed by atoms with Crippen LogP contribution in [0.3, 0.4) is 0 Å². The van der Waals surface area contributed by atoms with Crippen molar-refractivity contribution in [1.29, 1.82) is 0 Å². The summed E-state index contributed by atoms with van der Waals surface area (Å²) in [5.41, 5.74) is 0.303. The second-order valence-corrected chi connectivity index (χ2v) is 7.20. The Balaban J connectivity index is 2.58. The van der Waals surface area contributed by atoms with Crippen LogP contribution in [0.5, 0.6) is 0 Å². The van der Waals surface area contributed by atoms with E-state index < -0.39 is 22.7 Å². The van der Waals surface area contributed by atoms with Gasteiger partial charge in [-0.05, 0) is 18.4 Å². The summed E-state index contributed by atoms with van der Waals surface area (Å²) in [7, 11) is -2.95. The van der Waals surface area contributed by atoms with E-state index in [1.165, 1.54) is 18.6 Å². The van der Waals surface area contributed by atoms with Crippen LogP contribution in [-0.2, 0) is 14.8 Å². The summed E-state index contributed by atoms with van der Waals surface area (Å²) in [5, 5.41) is 14.1. The van der Waals surface area contributed by atoms with E-state index in [2.05, 4.69) is 5.16 Å². The number of aromatic carboxylic acids is 1. The molecule has 2 aromatic rings. The van der Waals surface area contributed by atoms with Gasteiger partial charge in [-0.25, -0.2) is 17.5 Å². The molecule has 0 fully saturated rings. The number of nitrogens with zero attached hydrogens (tertiary/aromatic N) is 2. The van der Waals surface area contributed by atoms with Crippen LogP contribution in [-0.4, -0.2) is 38.5 Å². The molecular weight excluding hydrogens is 356 g/mol. The van der Waals surface area contributed by atoms with Gasteiger partial charge < -0.3 is 14.4 Å². The normalized spacial score (nSPS) is 11.6. The molecule has 2 rings (SSSR count). The van der Waals surface area contributed by atoms with E-state index in [9.17, 15) is 13.2 Å². The fraction of sp³-hybridized carbons (Fsp3) is 0.273. The number of ether oxygens (including phenoxy) is 1. The molecule has 0 saturated carbocycles. The first-order chi connectivity index (χ1) is 10.3. The van der Waals surface area contributed by atoms with Crippen LogP contribution in [0.15, 0.2) is 20.9 Å². The van der Waals surface area contributed by atoms with Gasteiger partial charge in [-0.2, -0.15) is 0 Å². The highest BCUT2D eigenvalue weighted by Crippen LogP contribution is 2.34. The predicted molar refractivity (Wildman–Crippen MR) is 79.1 cm³/mol. The Bertz CT molecular complexity index is 797. The van der Waals surface area contributed by atoms with Crippen LogP contribution in [0, 0.1) is 6.92 Å². The lowest BCUT2D eigenvalue weighted by molar-refractivity contribution is 0.0698. The van der Waals surface area contributed by atoms with E-state index in [4.69, 9.17) is 26.0 Å². The number of carboxylic acid groups (broad SMARTS) is 1. The Morgan fingerprint density at radius 3 is 2.77 bits per heavy atom. The van der Waals surface area contributed by atoms with Crippen LogP contribution in [0.4, 0.5) is 5.88 Å². The molecule has 2 heterocycles. The minimum Gasteiger partial charge on any atom is -0.477 e. The van der Waals surface area contributed by atoms with Gasteiger partial charge in [0.15, 0.2) is 0 Å².